The lowest BCUT2D eigenvalue weighted by Gasteiger charge is -2.17. The molecule has 170 valence electrons. The molecule has 0 aliphatic rings. The van der Waals surface area contributed by atoms with Gasteiger partial charge in [0.05, 0.1) is 0 Å². The summed E-state index contributed by atoms with van der Waals surface area (Å²) in [6.45, 7) is 18.0. The number of nitrogens with one attached hydrogen (secondary N) is 1. The van der Waals surface area contributed by atoms with Gasteiger partial charge in [-0.25, -0.2) is 0 Å². The van der Waals surface area contributed by atoms with Crippen molar-refractivity contribution in [2.24, 2.45) is 5.92 Å². The number of thiophene rings is 1. The van der Waals surface area contributed by atoms with E-state index in [1.165, 1.54) is 34.3 Å². The summed E-state index contributed by atoms with van der Waals surface area (Å²) in [5.41, 5.74) is 7.57. The summed E-state index contributed by atoms with van der Waals surface area (Å²) < 4.78 is 0. The van der Waals surface area contributed by atoms with Crippen LogP contribution in [-0.2, 0) is 6.42 Å². The Hall–Kier alpha value is -1.77. The maximum Gasteiger partial charge on any atom is 0.0490 e. The quantitative estimate of drug-likeness (QED) is 0.277. The highest BCUT2D eigenvalue weighted by molar-refractivity contribution is 7.07. The van der Waals surface area contributed by atoms with Crippen LogP contribution in [0.4, 0.5) is 0 Å². The van der Waals surface area contributed by atoms with Crippen LogP contribution in [0.5, 0.6) is 0 Å². The first kappa shape index (κ1) is 27.3. The second kappa shape index (κ2) is 15.1. The van der Waals surface area contributed by atoms with E-state index in [0.717, 1.165) is 25.1 Å². The Kier molecular flexibility index (Phi) is 13.3. The molecule has 1 aromatic heterocycles. The van der Waals surface area contributed by atoms with Gasteiger partial charge in [0.15, 0.2) is 0 Å². The standard InChI is InChI=1S/C25H32ClNS.C3H8/c1-18(9-10-20(3)26)21(4)19(2)11-13-27-22(5)25-8-6-7-23(16-25)15-24-12-14-28-17-24;1-3-2/h6-10,12,14,16-17,19-20,27H,5,11,13,15H2,1-4H3;3H2,1-2H3/b10-9-,21-18+;. The van der Waals surface area contributed by atoms with Gasteiger partial charge in [-0.15, -0.1) is 11.6 Å². The molecule has 1 aromatic carbocycles. The van der Waals surface area contributed by atoms with E-state index in [1.807, 2.05) is 13.0 Å². The predicted octanol–water partition coefficient (Wildman–Crippen LogP) is 8.86. The van der Waals surface area contributed by atoms with E-state index in [4.69, 9.17) is 11.6 Å². The summed E-state index contributed by atoms with van der Waals surface area (Å²) in [6.07, 6.45) is 7.46. The van der Waals surface area contributed by atoms with Crippen molar-refractivity contribution in [1.29, 1.82) is 0 Å². The third-order valence-corrected chi connectivity index (χ3v) is 6.03. The van der Waals surface area contributed by atoms with E-state index < -0.39 is 0 Å². The highest BCUT2D eigenvalue weighted by Crippen LogP contribution is 2.20. The zero-order chi connectivity index (χ0) is 23.2. The molecular weight excluding hydrogens is 418 g/mol. The van der Waals surface area contributed by atoms with Crippen LogP contribution >= 0.6 is 22.9 Å². The number of halogens is 1. The topological polar surface area (TPSA) is 12.0 Å². The minimum Gasteiger partial charge on any atom is -0.385 e. The lowest BCUT2D eigenvalue weighted by Crippen LogP contribution is -2.16. The highest BCUT2D eigenvalue weighted by Gasteiger charge is 2.08. The Labute approximate surface area is 199 Å². The van der Waals surface area contributed by atoms with Gasteiger partial charge in [0.1, 0.15) is 0 Å². The molecule has 0 amide bonds. The largest absolute Gasteiger partial charge is 0.385 e. The van der Waals surface area contributed by atoms with E-state index in [-0.39, 0.29) is 5.38 Å². The molecule has 3 heteroatoms. The summed E-state index contributed by atoms with van der Waals surface area (Å²) in [5.74, 6) is 0.514. The molecular formula is C28H40ClNS. The Bertz CT molecular complexity index is 830. The summed E-state index contributed by atoms with van der Waals surface area (Å²) in [7, 11) is 0. The molecule has 1 nitrogen and oxygen atoms in total. The number of rotatable bonds is 10. The van der Waals surface area contributed by atoms with Crippen LogP contribution in [0.1, 0.15) is 71.1 Å². The molecule has 0 radical (unpaired) electrons. The molecule has 0 saturated heterocycles. The number of hydrogen-bond donors (Lipinski definition) is 1. The molecule has 2 atom stereocenters. The SMILES string of the molecule is C=C(NCCC(C)/C(C)=C(C)/C=C\C(C)Cl)c1cccc(Cc2ccsc2)c1.CCC. The van der Waals surface area contributed by atoms with Gasteiger partial charge in [0, 0.05) is 17.6 Å². The van der Waals surface area contributed by atoms with Crippen molar-refractivity contribution in [2.75, 3.05) is 6.54 Å². The Morgan fingerprint density at radius 2 is 1.87 bits per heavy atom. The normalized spacial score (nSPS) is 13.8. The van der Waals surface area contributed by atoms with E-state index in [2.05, 4.69) is 93.7 Å². The van der Waals surface area contributed by atoms with Crippen LogP contribution in [-0.4, -0.2) is 11.9 Å². The fourth-order valence-corrected chi connectivity index (χ4v) is 3.79. The highest BCUT2D eigenvalue weighted by atomic mass is 35.5. The molecule has 2 aromatic rings. The first-order valence-electron chi connectivity index (χ1n) is 11.3. The van der Waals surface area contributed by atoms with Crippen molar-refractivity contribution in [1.82, 2.24) is 5.32 Å². The van der Waals surface area contributed by atoms with Gasteiger partial charge in [0.25, 0.3) is 0 Å². The molecule has 2 rings (SSSR count). The van der Waals surface area contributed by atoms with Crippen molar-refractivity contribution in [3.8, 4) is 0 Å². The van der Waals surface area contributed by atoms with Crippen LogP contribution in [0.25, 0.3) is 5.70 Å². The molecule has 0 spiro atoms. The van der Waals surface area contributed by atoms with Crippen molar-refractivity contribution in [3.05, 3.63) is 87.7 Å². The van der Waals surface area contributed by atoms with E-state index >= 15 is 0 Å². The van der Waals surface area contributed by atoms with Crippen molar-refractivity contribution in [2.45, 2.75) is 66.2 Å². The molecule has 1 heterocycles. The monoisotopic (exact) mass is 457 g/mol. The van der Waals surface area contributed by atoms with Crippen LogP contribution in [0.3, 0.4) is 0 Å². The van der Waals surface area contributed by atoms with E-state index in [9.17, 15) is 0 Å². The molecule has 31 heavy (non-hydrogen) atoms. The van der Waals surface area contributed by atoms with E-state index in [0.29, 0.717) is 5.92 Å². The number of benzene rings is 1. The summed E-state index contributed by atoms with van der Waals surface area (Å²) in [4.78, 5) is 0. The van der Waals surface area contributed by atoms with Crippen molar-refractivity contribution < 1.29 is 0 Å². The average molecular weight is 458 g/mol. The Balaban J connectivity index is 0.00000151. The van der Waals surface area contributed by atoms with Crippen LogP contribution < -0.4 is 5.32 Å². The van der Waals surface area contributed by atoms with Crippen molar-refractivity contribution >= 4 is 28.6 Å². The summed E-state index contributed by atoms with van der Waals surface area (Å²) in [6, 6.07) is 10.9. The zero-order valence-corrected chi connectivity index (χ0v) is 21.7. The molecule has 0 aliphatic carbocycles. The number of allylic oxidation sites excluding steroid dienone is 4. The average Bonchev–Trinajstić information content (AvgIpc) is 3.25. The van der Waals surface area contributed by atoms with Gasteiger partial charge >= 0.3 is 0 Å². The first-order chi connectivity index (χ1) is 14.8. The van der Waals surface area contributed by atoms with Gasteiger partial charge in [0.2, 0.25) is 0 Å². The Morgan fingerprint density at radius 3 is 2.48 bits per heavy atom. The second-order valence-corrected chi connectivity index (χ2v) is 9.68. The maximum atomic E-state index is 6.00. The van der Waals surface area contributed by atoms with Crippen LogP contribution in [0, 0.1) is 5.92 Å². The summed E-state index contributed by atoms with van der Waals surface area (Å²) in [5, 5.41) is 7.91. The third kappa shape index (κ3) is 10.9. The van der Waals surface area contributed by atoms with Gasteiger partial charge in [-0.3, -0.25) is 0 Å². The number of hydrogen-bond acceptors (Lipinski definition) is 2. The van der Waals surface area contributed by atoms with Gasteiger partial charge in [-0.05, 0) is 79.1 Å². The fourth-order valence-electron chi connectivity index (χ4n) is 3.05. The molecule has 2 unspecified atom stereocenters. The minimum atomic E-state index is 0.0681. The second-order valence-electron chi connectivity index (χ2n) is 8.21. The molecule has 0 saturated carbocycles. The van der Waals surface area contributed by atoms with Crippen LogP contribution in [0.2, 0.25) is 0 Å². The van der Waals surface area contributed by atoms with Gasteiger partial charge in [-0.2, -0.15) is 11.3 Å². The molecule has 0 bridgehead atoms. The number of alkyl halides is 1. The fraction of sp³-hybridized carbons (Fsp3) is 0.429. The Morgan fingerprint density at radius 1 is 1.16 bits per heavy atom. The first-order valence-corrected chi connectivity index (χ1v) is 12.7. The molecule has 0 aliphatic heterocycles. The third-order valence-electron chi connectivity index (χ3n) is 5.15. The lowest BCUT2D eigenvalue weighted by molar-refractivity contribution is 0.595. The maximum absolute atomic E-state index is 6.00. The smallest absolute Gasteiger partial charge is 0.0490 e. The zero-order valence-electron chi connectivity index (χ0n) is 20.2. The minimum absolute atomic E-state index is 0.0681. The summed E-state index contributed by atoms with van der Waals surface area (Å²) >= 11 is 7.75. The molecule has 0 fully saturated rings. The van der Waals surface area contributed by atoms with Gasteiger partial charge < -0.3 is 5.32 Å². The van der Waals surface area contributed by atoms with E-state index in [1.54, 1.807) is 11.3 Å². The van der Waals surface area contributed by atoms with Crippen molar-refractivity contribution in [3.63, 3.8) is 0 Å². The lowest BCUT2D eigenvalue weighted by atomic mass is 9.94. The van der Waals surface area contributed by atoms with Gasteiger partial charge in [-0.1, -0.05) is 75.3 Å². The van der Waals surface area contributed by atoms with Crippen LogP contribution in [0.15, 0.2) is 71.0 Å². The predicted molar refractivity (Wildman–Crippen MR) is 143 cm³/mol. The molecule has 1 N–H and O–H groups in total.